The van der Waals surface area contributed by atoms with Gasteiger partial charge in [-0.05, 0) is 22.3 Å². The van der Waals surface area contributed by atoms with E-state index in [4.69, 9.17) is 28.6 Å². The van der Waals surface area contributed by atoms with Crippen molar-refractivity contribution in [3.63, 3.8) is 0 Å². The SMILES string of the molecule is OO[C@@H]1OC(COCc2ccccc2)[C@@H](OCc2ccccc2)C(OCc2ccccc2)C1OCc1ccccc1. The van der Waals surface area contributed by atoms with Crippen LogP contribution in [0.15, 0.2) is 121 Å². The monoisotopic (exact) mass is 556 g/mol. The van der Waals surface area contributed by atoms with E-state index in [1.54, 1.807) is 0 Å². The molecule has 4 aromatic carbocycles. The van der Waals surface area contributed by atoms with Crippen molar-refractivity contribution in [3.8, 4) is 0 Å². The summed E-state index contributed by atoms with van der Waals surface area (Å²) in [6, 6.07) is 39.5. The molecule has 4 aromatic rings. The molecular formula is C34H36O7. The molecule has 3 unspecified atom stereocenters. The number of rotatable bonds is 14. The molecule has 7 heteroatoms. The van der Waals surface area contributed by atoms with Crippen molar-refractivity contribution in [2.24, 2.45) is 0 Å². The Morgan fingerprint density at radius 3 is 1.32 bits per heavy atom. The van der Waals surface area contributed by atoms with Crippen molar-refractivity contribution < 1.29 is 33.8 Å². The van der Waals surface area contributed by atoms with Gasteiger partial charge < -0.3 is 23.7 Å². The Bertz CT molecular complexity index is 1260. The lowest BCUT2D eigenvalue weighted by molar-refractivity contribution is -0.415. The third-order valence-electron chi connectivity index (χ3n) is 6.94. The molecule has 0 bridgehead atoms. The Morgan fingerprint density at radius 1 is 0.488 bits per heavy atom. The van der Waals surface area contributed by atoms with Crippen molar-refractivity contribution in [2.45, 2.75) is 57.1 Å². The molecule has 5 atom stereocenters. The Kier molecular flexibility index (Phi) is 11.0. The normalized spacial score (nSPS) is 22.4. The van der Waals surface area contributed by atoms with E-state index in [2.05, 4.69) is 0 Å². The van der Waals surface area contributed by atoms with Crippen molar-refractivity contribution in [1.29, 1.82) is 0 Å². The summed E-state index contributed by atoms with van der Waals surface area (Å²) >= 11 is 0. The third kappa shape index (κ3) is 8.55. The van der Waals surface area contributed by atoms with Crippen molar-refractivity contribution in [1.82, 2.24) is 0 Å². The topological polar surface area (TPSA) is 75.6 Å². The Morgan fingerprint density at radius 2 is 0.878 bits per heavy atom. The minimum absolute atomic E-state index is 0.199. The van der Waals surface area contributed by atoms with Gasteiger partial charge >= 0.3 is 0 Å². The van der Waals surface area contributed by atoms with Gasteiger partial charge in [-0.15, -0.1) is 0 Å². The van der Waals surface area contributed by atoms with Crippen LogP contribution in [0.3, 0.4) is 0 Å². The van der Waals surface area contributed by atoms with Crippen LogP contribution in [0.5, 0.6) is 0 Å². The molecule has 0 amide bonds. The van der Waals surface area contributed by atoms with Crippen LogP contribution in [0, 0.1) is 0 Å². The summed E-state index contributed by atoms with van der Waals surface area (Å²) in [4.78, 5) is 4.84. The summed E-state index contributed by atoms with van der Waals surface area (Å²) in [7, 11) is 0. The first-order valence-electron chi connectivity index (χ1n) is 13.8. The minimum Gasteiger partial charge on any atom is -0.374 e. The lowest BCUT2D eigenvalue weighted by Crippen LogP contribution is -2.61. The van der Waals surface area contributed by atoms with Gasteiger partial charge in [0.25, 0.3) is 0 Å². The van der Waals surface area contributed by atoms with Gasteiger partial charge in [0.1, 0.15) is 24.4 Å². The first kappa shape index (κ1) is 29.1. The second-order valence-corrected chi connectivity index (χ2v) is 9.93. The smallest absolute Gasteiger partial charge is 0.220 e. The maximum atomic E-state index is 9.93. The van der Waals surface area contributed by atoms with Gasteiger partial charge in [0.05, 0.1) is 33.0 Å². The van der Waals surface area contributed by atoms with Crippen LogP contribution < -0.4 is 0 Å². The summed E-state index contributed by atoms with van der Waals surface area (Å²) in [5.74, 6) is 0. The molecule has 0 spiro atoms. The van der Waals surface area contributed by atoms with E-state index >= 15 is 0 Å². The maximum Gasteiger partial charge on any atom is 0.220 e. The van der Waals surface area contributed by atoms with Crippen molar-refractivity contribution >= 4 is 0 Å². The molecule has 1 fully saturated rings. The molecule has 0 radical (unpaired) electrons. The van der Waals surface area contributed by atoms with Gasteiger partial charge in [0.2, 0.25) is 6.29 Å². The van der Waals surface area contributed by atoms with E-state index < -0.39 is 30.7 Å². The largest absolute Gasteiger partial charge is 0.374 e. The Labute approximate surface area is 241 Å². The van der Waals surface area contributed by atoms with E-state index in [0.29, 0.717) is 19.8 Å². The molecule has 7 nitrogen and oxygen atoms in total. The predicted octanol–water partition coefficient (Wildman–Crippen LogP) is 6.17. The van der Waals surface area contributed by atoms with E-state index in [1.807, 2.05) is 121 Å². The lowest BCUT2D eigenvalue weighted by atomic mass is 9.98. The fraction of sp³-hybridized carbons (Fsp3) is 0.294. The molecule has 0 aliphatic carbocycles. The zero-order chi connectivity index (χ0) is 28.1. The van der Waals surface area contributed by atoms with Crippen LogP contribution in [-0.4, -0.2) is 42.6 Å². The molecule has 0 aromatic heterocycles. The first-order valence-corrected chi connectivity index (χ1v) is 13.8. The number of ether oxygens (including phenoxy) is 5. The van der Waals surface area contributed by atoms with Gasteiger partial charge in [0, 0.05) is 0 Å². The average Bonchev–Trinajstić information content (AvgIpc) is 3.04. The quantitative estimate of drug-likeness (QED) is 0.147. The van der Waals surface area contributed by atoms with E-state index in [9.17, 15) is 5.26 Å². The molecule has 1 N–H and O–H groups in total. The van der Waals surface area contributed by atoms with E-state index in [0.717, 1.165) is 22.3 Å². The molecule has 1 aliphatic heterocycles. The molecule has 41 heavy (non-hydrogen) atoms. The van der Waals surface area contributed by atoms with Gasteiger partial charge in [-0.25, -0.2) is 10.1 Å². The lowest BCUT2D eigenvalue weighted by Gasteiger charge is -2.44. The summed E-state index contributed by atoms with van der Waals surface area (Å²) in [6.07, 6.45) is -3.71. The molecule has 1 aliphatic rings. The molecular weight excluding hydrogens is 520 g/mol. The second-order valence-electron chi connectivity index (χ2n) is 9.93. The Hall–Kier alpha value is -3.40. The highest BCUT2D eigenvalue weighted by atomic mass is 17.1. The van der Waals surface area contributed by atoms with E-state index in [-0.39, 0.29) is 13.2 Å². The molecule has 5 rings (SSSR count). The van der Waals surface area contributed by atoms with Crippen LogP contribution in [-0.2, 0) is 55.0 Å². The number of benzene rings is 4. The van der Waals surface area contributed by atoms with Crippen LogP contribution in [0.4, 0.5) is 0 Å². The highest BCUT2D eigenvalue weighted by Gasteiger charge is 2.49. The van der Waals surface area contributed by atoms with E-state index in [1.165, 1.54) is 0 Å². The predicted molar refractivity (Wildman–Crippen MR) is 154 cm³/mol. The number of hydrogen-bond acceptors (Lipinski definition) is 7. The fourth-order valence-electron chi connectivity index (χ4n) is 4.83. The first-order chi connectivity index (χ1) is 20.3. The average molecular weight is 557 g/mol. The van der Waals surface area contributed by atoms with Gasteiger partial charge in [-0.1, -0.05) is 121 Å². The standard InChI is InChI=1S/C34H36O7/c35-41-34-33(39-24-29-19-11-4-12-20-29)32(38-23-28-17-9-3-10-18-28)31(37-22-27-15-7-2-8-16-27)30(40-34)25-36-21-26-13-5-1-6-14-26/h1-20,30-35H,21-25H2/t30?,31-,32?,33?,34+/m1/s1. The van der Waals surface area contributed by atoms with Crippen LogP contribution >= 0.6 is 0 Å². The highest BCUT2D eigenvalue weighted by Crippen LogP contribution is 2.31. The highest BCUT2D eigenvalue weighted by molar-refractivity contribution is 5.16. The van der Waals surface area contributed by atoms with Gasteiger partial charge in [0.15, 0.2) is 0 Å². The molecule has 0 saturated carbocycles. The zero-order valence-electron chi connectivity index (χ0n) is 22.9. The van der Waals surface area contributed by atoms with Crippen molar-refractivity contribution in [3.05, 3.63) is 144 Å². The molecule has 1 heterocycles. The van der Waals surface area contributed by atoms with Crippen LogP contribution in [0.25, 0.3) is 0 Å². The van der Waals surface area contributed by atoms with Crippen molar-refractivity contribution in [2.75, 3.05) is 6.61 Å². The number of hydrogen-bond donors (Lipinski definition) is 1. The van der Waals surface area contributed by atoms with Crippen LogP contribution in [0.1, 0.15) is 22.3 Å². The van der Waals surface area contributed by atoms with Gasteiger partial charge in [-0.2, -0.15) is 0 Å². The maximum absolute atomic E-state index is 9.93. The third-order valence-corrected chi connectivity index (χ3v) is 6.94. The molecule has 1 saturated heterocycles. The summed E-state index contributed by atoms with van der Waals surface area (Å²) in [6.45, 7) is 1.54. The molecule has 214 valence electrons. The van der Waals surface area contributed by atoms with Gasteiger partial charge in [-0.3, -0.25) is 0 Å². The summed E-state index contributed by atoms with van der Waals surface area (Å²) in [5.41, 5.74) is 4.03. The Balaban J connectivity index is 1.38. The summed E-state index contributed by atoms with van der Waals surface area (Å²) in [5, 5.41) is 9.93. The van der Waals surface area contributed by atoms with Crippen LogP contribution in [0.2, 0.25) is 0 Å². The zero-order valence-corrected chi connectivity index (χ0v) is 22.9. The summed E-state index contributed by atoms with van der Waals surface area (Å²) < 4.78 is 31.7. The minimum atomic E-state index is -1.11. The second kappa shape index (κ2) is 15.6. The fourth-order valence-corrected chi connectivity index (χ4v) is 4.83.